The van der Waals surface area contributed by atoms with Gasteiger partial charge >= 0.3 is 0 Å². The van der Waals surface area contributed by atoms with Gasteiger partial charge in [0, 0.05) is 39.2 Å². The van der Waals surface area contributed by atoms with Crippen LogP contribution in [-0.4, -0.2) is 15.6 Å². The maximum Gasteiger partial charge on any atom is 0.269 e. The van der Waals surface area contributed by atoms with Crippen LogP contribution in [0.4, 0.5) is 5.69 Å². The van der Waals surface area contributed by atoms with Gasteiger partial charge < -0.3 is 4.74 Å². The number of halogens is 2. The van der Waals surface area contributed by atoms with E-state index >= 15 is 0 Å². The zero-order chi connectivity index (χ0) is 20.8. The topological polar surface area (TPSA) is 68.0 Å². The van der Waals surface area contributed by atoms with Crippen LogP contribution in [0.5, 0.6) is 5.75 Å². The van der Waals surface area contributed by atoms with Crippen molar-refractivity contribution in [2.45, 2.75) is 18.7 Å². The van der Waals surface area contributed by atoms with Crippen LogP contribution in [0.25, 0.3) is 0 Å². The van der Waals surface area contributed by atoms with E-state index in [1.807, 2.05) is 47.5 Å². The molecule has 3 aromatic rings. The normalized spacial score (nSPS) is 19.5. The molecule has 3 aromatic carbocycles. The number of hydrazone groups is 1. The molecule has 5 rings (SSSR count). The highest BCUT2D eigenvalue weighted by Gasteiger charge is 2.41. The van der Waals surface area contributed by atoms with E-state index in [0.29, 0.717) is 22.8 Å². The van der Waals surface area contributed by atoms with E-state index in [9.17, 15) is 10.1 Å². The molecule has 0 amide bonds. The number of ether oxygens (including phenoxy) is 1. The molecule has 2 aliphatic rings. The number of fused-ring (bicyclic) bond motifs is 3. The van der Waals surface area contributed by atoms with Crippen molar-refractivity contribution < 1.29 is 9.66 Å². The molecule has 0 fully saturated rings. The molecule has 2 atom stereocenters. The van der Waals surface area contributed by atoms with Crippen LogP contribution in [0.2, 0.25) is 5.02 Å². The van der Waals surface area contributed by atoms with Gasteiger partial charge in [-0.25, -0.2) is 5.01 Å². The lowest BCUT2D eigenvalue weighted by atomic mass is 9.96. The summed E-state index contributed by atoms with van der Waals surface area (Å²) in [6.45, 7) is 0. The number of hydrogen-bond donors (Lipinski definition) is 0. The van der Waals surface area contributed by atoms with Gasteiger partial charge in [0.2, 0.25) is 6.23 Å². The molecule has 0 saturated heterocycles. The van der Waals surface area contributed by atoms with Gasteiger partial charge in [-0.15, -0.1) is 0 Å². The lowest BCUT2D eigenvalue weighted by molar-refractivity contribution is -0.385. The van der Waals surface area contributed by atoms with Crippen LogP contribution < -0.4 is 4.74 Å². The maximum absolute atomic E-state index is 11.3. The molecule has 150 valence electrons. The first-order chi connectivity index (χ1) is 14.5. The van der Waals surface area contributed by atoms with Crippen molar-refractivity contribution in [3.63, 3.8) is 0 Å². The van der Waals surface area contributed by atoms with Gasteiger partial charge in [-0.1, -0.05) is 51.8 Å². The molecule has 0 radical (unpaired) electrons. The zero-order valence-corrected chi connectivity index (χ0v) is 17.9. The Labute approximate surface area is 186 Å². The number of nitro benzene ring substituents is 1. The summed E-state index contributed by atoms with van der Waals surface area (Å²) in [7, 11) is 0. The van der Waals surface area contributed by atoms with Gasteiger partial charge in [-0.3, -0.25) is 10.1 Å². The molecule has 0 bridgehead atoms. The van der Waals surface area contributed by atoms with Crippen LogP contribution in [-0.2, 0) is 0 Å². The second-order valence-corrected chi connectivity index (χ2v) is 8.51. The average molecular weight is 485 g/mol. The fourth-order valence-corrected chi connectivity index (χ4v) is 4.33. The van der Waals surface area contributed by atoms with Crippen LogP contribution >= 0.6 is 27.5 Å². The number of nitro groups is 1. The Kier molecular flexibility index (Phi) is 4.72. The van der Waals surface area contributed by atoms with Crippen molar-refractivity contribution in [2.24, 2.45) is 5.10 Å². The lowest BCUT2D eigenvalue weighted by Gasteiger charge is -2.38. The van der Waals surface area contributed by atoms with E-state index in [4.69, 9.17) is 21.4 Å². The number of hydrogen-bond acceptors (Lipinski definition) is 5. The minimum Gasteiger partial charge on any atom is -0.464 e. The molecule has 0 saturated carbocycles. The Bertz CT molecular complexity index is 1180. The van der Waals surface area contributed by atoms with E-state index in [-0.39, 0.29) is 11.7 Å². The minimum atomic E-state index is -0.573. The number of benzene rings is 3. The largest absolute Gasteiger partial charge is 0.464 e. The summed E-state index contributed by atoms with van der Waals surface area (Å²) in [6, 6.07) is 19.9. The molecule has 2 heterocycles. The van der Waals surface area contributed by atoms with E-state index in [0.717, 1.165) is 21.3 Å². The Morgan fingerprint density at radius 1 is 1.13 bits per heavy atom. The first-order valence-corrected chi connectivity index (χ1v) is 10.5. The minimum absolute atomic E-state index is 0.0193. The van der Waals surface area contributed by atoms with Crippen LogP contribution in [0.1, 0.15) is 35.4 Å². The number of non-ortho nitro benzene ring substituents is 1. The summed E-state index contributed by atoms with van der Waals surface area (Å²) in [5.41, 5.74) is 3.61. The summed E-state index contributed by atoms with van der Waals surface area (Å²) in [6.07, 6.45) is 0.112. The van der Waals surface area contributed by atoms with Crippen molar-refractivity contribution in [1.82, 2.24) is 5.01 Å². The summed E-state index contributed by atoms with van der Waals surface area (Å²) in [5.74, 6) is 0.712. The first kappa shape index (κ1) is 19.1. The van der Waals surface area contributed by atoms with Crippen molar-refractivity contribution >= 4 is 38.9 Å². The molecule has 0 aromatic heterocycles. The Balaban J connectivity index is 1.60. The van der Waals surface area contributed by atoms with Crippen LogP contribution in [0, 0.1) is 10.1 Å². The van der Waals surface area contributed by atoms with Gasteiger partial charge in [0.05, 0.1) is 16.7 Å². The Morgan fingerprint density at radius 2 is 1.93 bits per heavy atom. The molecule has 0 aliphatic carbocycles. The first-order valence-electron chi connectivity index (χ1n) is 9.32. The highest BCUT2D eigenvalue weighted by molar-refractivity contribution is 9.10. The summed E-state index contributed by atoms with van der Waals surface area (Å²) < 4.78 is 7.25. The predicted molar refractivity (Wildman–Crippen MR) is 118 cm³/mol. The lowest BCUT2D eigenvalue weighted by Crippen LogP contribution is -2.33. The molecule has 0 unspecified atom stereocenters. The van der Waals surface area contributed by atoms with Gasteiger partial charge in [-0.05, 0) is 35.9 Å². The SMILES string of the molecule is O=[N+]([O-])c1cccc([C@@H]2Oc3ccc(Cl)cc3[C@H]3CC(c4ccc(Br)cc4)=NN32)c1. The van der Waals surface area contributed by atoms with Crippen molar-refractivity contribution in [2.75, 3.05) is 0 Å². The third kappa shape index (κ3) is 3.34. The Hall–Kier alpha value is -2.90. The molecule has 0 N–H and O–H groups in total. The Morgan fingerprint density at radius 3 is 2.70 bits per heavy atom. The van der Waals surface area contributed by atoms with Crippen molar-refractivity contribution in [1.29, 1.82) is 0 Å². The van der Waals surface area contributed by atoms with E-state index in [1.165, 1.54) is 12.1 Å². The molecule has 2 aliphatic heterocycles. The summed E-state index contributed by atoms with van der Waals surface area (Å²) in [4.78, 5) is 10.9. The number of nitrogens with zero attached hydrogens (tertiary/aromatic N) is 3. The quantitative estimate of drug-likeness (QED) is 0.325. The predicted octanol–water partition coefficient (Wildman–Crippen LogP) is 6.25. The maximum atomic E-state index is 11.3. The molecule has 6 nitrogen and oxygen atoms in total. The average Bonchev–Trinajstić information content (AvgIpc) is 3.19. The van der Waals surface area contributed by atoms with Crippen molar-refractivity contribution in [3.05, 3.63) is 103 Å². The molecular formula is C22H15BrClN3O3. The highest BCUT2D eigenvalue weighted by atomic mass is 79.9. The molecular weight excluding hydrogens is 470 g/mol. The van der Waals surface area contributed by atoms with Gasteiger partial charge in [0.25, 0.3) is 5.69 Å². The van der Waals surface area contributed by atoms with E-state index < -0.39 is 11.2 Å². The smallest absolute Gasteiger partial charge is 0.269 e. The summed E-state index contributed by atoms with van der Waals surface area (Å²) in [5, 5.41) is 18.6. The molecule has 0 spiro atoms. The summed E-state index contributed by atoms with van der Waals surface area (Å²) >= 11 is 9.72. The van der Waals surface area contributed by atoms with Gasteiger partial charge in [-0.2, -0.15) is 5.10 Å². The standard InChI is InChI=1S/C22H15BrClN3O3/c23-15-6-4-13(5-7-15)19-12-20-18-11-16(24)8-9-21(18)30-22(26(20)25-19)14-2-1-3-17(10-14)27(28)29/h1-11,20,22H,12H2/t20-,22+/m1/s1. The molecule has 8 heteroatoms. The highest BCUT2D eigenvalue weighted by Crippen LogP contribution is 2.48. The van der Waals surface area contributed by atoms with Crippen LogP contribution in [0.3, 0.4) is 0 Å². The second-order valence-electron chi connectivity index (χ2n) is 7.16. The third-order valence-electron chi connectivity index (χ3n) is 5.30. The second kappa shape index (κ2) is 7.41. The fourth-order valence-electron chi connectivity index (χ4n) is 3.89. The van der Waals surface area contributed by atoms with Gasteiger partial charge in [0.15, 0.2) is 0 Å². The fraction of sp³-hybridized carbons (Fsp3) is 0.136. The zero-order valence-electron chi connectivity index (χ0n) is 15.5. The molecule has 30 heavy (non-hydrogen) atoms. The third-order valence-corrected chi connectivity index (χ3v) is 6.06. The van der Waals surface area contributed by atoms with Crippen LogP contribution in [0.15, 0.2) is 76.3 Å². The monoisotopic (exact) mass is 483 g/mol. The van der Waals surface area contributed by atoms with Crippen molar-refractivity contribution in [3.8, 4) is 5.75 Å². The van der Waals surface area contributed by atoms with E-state index in [2.05, 4.69) is 15.9 Å². The van der Waals surface area contributed by atoms with Gasteiger partial charge in [0.1, 0.15) is 5.75 Å². The van der Waals surface area contributed by atoms with E-state index in [1.54, 1.807) is 12.1 Å². The number of rotatable bonds is 3.